The summed E-state index contributed by atoms with van der Waals surface area (Å²) >= 11 is 0. The maximum atomic E-state index is 5.76. The zero-order valence-corrected chi connectivity index (χ0v) is 12.2. The Bertz CT molecular complexity index is 386. The van der Waals surface area contributed by atoms with Gasteiger partial charge in [0.05, 0.1) is 12.2 Å². The number of nitrogens with one attached hydrogen (secondary N) is 1. The lowest BCUT2D eigenvalue weighted by molar-refractivity contribution is 0.0953. The fraction of sp³-hybridized carbons (Fsp3) is 0.625. The van der Waals surface area contributed by atoms with Crippen molar-refractivity contribution < 1.29 is 9.47 Å². The van der Waals surface area contributed by atoms with Crippen LogP contribution in [0.2, 0.25) is 0 Å². The van der Waals surface area contributed by atoms with Gasteiger partial charge in [-0.3, -0.25) is 0 Å². The van der Waals surface area contributed by atoms with Crippen molar-refractivity contribution in [2.45, 2.75) is 51.4 Å². The molecule has 2 atom stereocenters. The van der Waals surface area contributed by atoms with E-state index in [-0.39, 0.29) is 6.10 Å². The first kappa shape index (κ1) is 14.4. The standard InChI is InChI=1S/C16H25NO2/c1-12(2)19-15-7-4-6-13(10-15)16(17-3)11-14-8-5-9-18-14/h4,6-7,10,12,14,16-17H,5,8-9,11H2,1-3H3. The van der Waals surface area contributed by atoms with Gasteiger partial charge in [-0.2, -0.15) is 0 Å². The minimum atomic E-state index is 0.210. The Labute approximate surface area is 116 Å². The van der Waals surface area contributed by atoms with Crippen LogP contribution in [0.1, 0.15) is 44.7 Å². The van der Waals surface area contributed by atoms with Gasteiger partial charge >= 0.3 is 0 Å². The first-order valence-electron chi connectivity index (χ1n) is 7.24. The predicted molar refractivity (Wildman–Crippen MR) is 77.6 cm³/mol. The summed E-state index contributed by atoms with van der Waals surface area (Å²) in [5.41, 5.74) is 1.27. The molecule has 1 saturated heterocycles. The second kappa shape index (κ2) is 6.92. The summed E-state index contributed by atoms with van der Waals surface area (Å²) in [6.45, 7) is 5.01. The lowest BCUT2D eigenvalue weighted by Crippen LogP contribution is -2.22. The fourth-order valence-electron chi connectivity index (χ4n) is 2.59. The van der Waals surface area contributed by atoms with Crippen molar-refractivity contribution >= 4 is 0 Å². The largest absolute Gasteiger partial charge is 0.491 e. The van der Waals surface area contributed by atoms with Crippen LogP contribution >= 0.6 is 0 Å². The second-order valence-corrected chi connectivity index (χ2v) is 5.45. The van der Waals surface area contributed by atoms with Gasteiger partial charge in [-0.15, -0.1) is 0 Å². The van der Waals surface area contributed by atoms with Crippen LogP contribution in [-0.2, 0) is 4.74 Å². The van der Waals surface area contributed by atoms with Crippen molar-refractivity contribution in [2.24, 2.45) is 0 Å². The first-order valence-corrected chi connectivity index (χ1v) is 7.24. The lowest BCUT2D eigenvalue weighted by atomic mass is 9.99. The fourth-order valence-corrected chi connectivity index (χ4v) is 2.59. The van der Waals surface area contributed by atoms with Gasteiger partial charge in [-0.05, 0) is 57.9 Å². The molecule has 1 aliphatic heterocycles. The molecule has 3 nitrogen and oxygen atoms in total. The minimum absolute atomic E-state index is 0.210. The van der Waals surface area contributed by atoms with Crippen molar-refractivity contribution in [1.29, 1.82) is 0 Å². The Morgan fingerprint density at radius 2 is 2.26 bits per heavy atom. The topological polar surface area (TPSA) is 30.5 Å². The van der Waals surface area contributed by atoms with Gasteiger partial charge in [0.25, 0.3) is 0 Å². The maximum absolute atomic E-state index is 5.76. The highest BCUT2D eigenvalue weighted by Gasteiger charge is 2.21. The normalized spacial score (nSPS) is 20.7. The van der Waals surface area contributed by atoms with Crippen LogP contribution in [0.5, 0.6) is 5.75 Å². The SMILES string of the molecule is CNC(CC1CCCO1)c1cccc(OC(C)C)c1. The molecule has 1 aromatic carbocycles. The molecule has 0 aromatic heterocycles. The lowest BCUT2D eigenvalue weighted by Gasteiger charge is -2.21. The molecule has 0 spiro atoms. The molecule has 0 bridgehead atoms. The zero-order valence-electron chi connectivity index (χ0n) is 12.2. The quantitative estimate of drug-likeness (QED) is 0.854. The van der Waals surface area contributed by atoms with E-state index >= 15 is 0 Å². The number of benzene rings is 1. The van der Waals surface area contributed by atoms with Crippen LogP contribution in [0.4, 0.5) is 0 Å². The van der Waals surface area contributed by atoms with Gasteiger partial charge < -0.3 is 14.8 Å². The number of rotatable bonds is 6. The molecular formula is C16H25NO2. The highest BCUT2D eigenvalue weighted by atomic mass is 16.5. The molecule has 106 valence electrons. The highest BCUT2D eigenvalue weighted by molar-refractivity contribution is 5.30. The van der Waals surface area contributed by atoms with Gasteiger partial charge in [0.15, 0.2) is 0 Å². The van der Waals surface area contributed by atoms with Crippen LogP contribution in [0, 0.1) is 0 Å². The van der Waals surface area contributed by atoms with E-state index in [4.69, 9.17) is 9.47 Å². The van der Waals surface area contributed by atoms with E-state index in [9.17, 15) is 0 Å². The molecule has 1 N–H and O–H groups in total. The third kappa shape index (κ3) is 4.22. The smallest absolute Gasteiger partial charge is 0.120 e. The molecule has 1 aromatic rings. The molecule has 0 aliphatic carbocycles. The van der Waals surface area contributed by atoms with Gasteiger partial charge in [-0.25, -0.2) is 0 Å². The van der Waals surface area contributed by atoms with Crippen molar-refractivity contribution in [2.75, 3.05) is 13.7 Å². The summed E-state index contributed by atoms with van der Waals surface area (Å²) in [5, 5.41) is 3.39. The summed E-state index contributed by atoms with van der Waals surface area (Å²) in [7, 11) is 2.01. The Balaban J connectivity index is 2.04. The number of ether oxygens (including phenoxy) is 2. The third-order valence-corrected chi connectivity index (χ3v) is 3.50. The zero-order chi connectivity index (χ0) is 13.7. The summed E-state index contributed by atoms with van der Waals surface area (Å²) in [6, 6.07) is 8.70. The summed E-state index contributed by atoms with van der Waals surface area (Å²) in [4.78, 5) is 0. The molecular weight excluding hydrogens is 238 g/mol. The third-order valence-electron chi connectivity index (χ3n) is 3.50. The van der Waals surface area contributed by atoms with Gasteiger partial charge in [0.2, 0.25) is 0 Å². The summed E-state index contributed by atoms with van der Waals surface area (Å²) < 4.78 is 11.5. The van der Waals surface area contributed by atoms with Crippen molar-refractivity contribution in [3.05, 3.63) is 29.8 Å². The molecule has 2 unspecified atom stereocenters. The van der Waals surface area contributed by atoms with Gasteiger partial charge in [0.1, 0.15) is 5.75 Å². The van der Waals surface area contributed by atoms with Crippen LogP contribution < -0.4 is 10.1 Å². The van der Waals surface area contributed by atoms with Crippen LogP contribution in [0.3, 0.4) is 0 Å². The predicted octanol–water partition coefficient (Wildman–Crippen LogP) is 3.30. The molecule has 1 fully saturated rings. The maximum Gasteiger partial charge on any atom is 0.120 e. The van der Waals surface area contributed by atoms with E-state index in [1.807, 2.05) is 13.1 Å². The van der Waals surface area contributed by atoms with Gasteiger partial charge in [0, 0.05) is 12.6 Å². The minimum Gasteiger partial charge on any atom is -0.491 e. The molecule has 2 rings (SSSR count). The molecule has 1 aliphatic rings. The average molecular weight is 263 g/mol. The van der Waals surface area contributed by atoms with Crippen LogP contribution in [-0.4, -0.2) is 25.9 Å². The molecule has 3 heteroatoms. The van der Waals surface area contributed by atoms with E-state index < -0.39 is 0 Å². The number of hydrogen-bond acceptors (Lipinski definition) is 3. The monoisotopic (exact) mass is 263 g/mol. The van der Waals surface area contributed by atoms with E-state index in [0.29, 0.717) is 12.1 Å². The Hall–Kier alpha value is -1.06. The van der Waals surface area contributed by atoms with E-state index in [1.54, 1.807) is 0 Å². The number of hydrogen-bond donors (Lipinski definition) is 1. The Kier molecular flexibility index (Phi) is 5.23. The van der Waals surface area contributed by atoms with Gasteiger partial charge in [-0.1, -0.05) is 12.1 Å². The van der Waals surface area contributed by atoms with E-state index in [1.165, 1.54) is 18.4 Å². The molecule has 0 saturated carbocycles. The summed E-state index contributed by atoms with van der Waals surface area (Å²) in [6.07, 6.45) is 4.01. The summed E-state index contributed by atoms with van der Waals surface area (Å²) in [5.74, 6) is 0.945. The Morgan fingerprint density at radius 1 is 1.42 bits per heavy atom. The van der Waals surface area contributed by atoms with Crippen molar-refractivity contribution in [3.8, 4) is 5.75 Å². The van der Waals surface area contributed by atoms with Crippen molar-refractivity contribution in [1.82, 2.24) is 5.32 Å². The second-order valence-electron chi connectivity index (χ2n) is 5.45. The van der Waals surface area contributed by atoms with Crippen LogP contribution in [0.15, 0.2) is 24.3 Å². The Morgan fingerprint density at radius 3 is 2.89 bits per heavy atom. The van der Waals surface area contributed by atoms with E-state index in [0.717, 1.165) is 18.8 Å². The molecule has 1 heterocycles. The molecule has 19 heavy (non-hydrogen) atoms. The first-order chi connectivity index (χ1) is 9.19. The van der Waals surface area contributed by atoms with Crippen LogP contribution in [0.25, 0.3) is 0 Å². The molecule has 0 radical (unpaired) electrons. The molecule has 0 amide bonds. The van der Waals surface area contributed by atoms with Crippen molar-refractivity contribution in [3.63, 3.8) is 0 Å². The highest BCUT2D eigenvalue weighted by Crippen LogP contribution is 2.27. The van der Waals surface area contributed by atoms with E-state index in [2.05, 4.69) is 37.4 Å². The average Bonchev–Trinajstić information content (AvgIpc) is 2.88.